The number of carbonyl (C=O) groups excluding carboxylic acids is 2. The Labute approximate surface area is 197 Å². The number of nitrogens with zero attached hydrogens (tertiary/aromatic N) is 3. The number of Topliss-reactive ketones (excluding diaryl/α,β-unsaturated/α-hetero) is 1. The molecule has 0 unspecified atom stereocenters. The third-order valence-electron chi connectivity index (χ3n) is 5.89. The van der Waals surface area contributed by atoms with Crippen LogP contribution in [0, 0.1) is 6.92 Å². The van der Waals surface area contributed by atoms with Gasteiger partial charge < -0.3 is 10.3 Å². The van der Waals surface area contributed by atoms with Crippen molar-refractivity contribution in [1.82, 2.24) is 13.8 Å². The largest absolute Gasteiger partial charge is 0.366 e. The van der Waals surface area contributed by atoms with Gasteiger partial charge in [0.25, 0.3) is 5.91 Å². The van der Waals surface area contributed by atoms with E-state index in [2.05, 4.69) is 0 Å². The van der Waals surface area contributed by atoms with Crippen LogP contribution < -0.4 is 5.73 Å². The SMILES string of the molecule is Cc1c(C(N)=O)cc(C(=O)CN2CCN(S(=O)(=O)c3ccccc3)CC2)n1Cc1cccs1. The molecule has 33 heavy (non-hydrogen) atoms. The predicted molar refractivity (Wildman–Crippen MR) is 127 cm³/mol. The average Bonchev–Trinajstić information content (AvgIpc) is 3.43. The molecule has 1 amide bonds. The van der Waals surface area contributed by atoms with Crippen LogP contribution in [0.15, 0.2) is 58.8 Å². The number of amides is 1. The van der Waals surface area contributed by atoms with E-state index in [1.807, 2.05) is 27.0 Å². The quantitative estimate of drug-likeness (QED) is 0.492. The number of hydrogen-bond donors (Lipinski definition) is 1. The molecule has 4 rings (SSSR count). The minimum atomic E-state index is -3.55. The fourth-order valence-electron chi connectivity index (χ4n) is 4.04. The first kappa shape index (κ1) is 23.4. The molecule has 2 aromatic heterocycles. The molecule has 0 bridgehead atoms. The summed E-state index contributed by atoms with van der Waals surface area (Å²) >= 11 is 1.58. The molecule has 2 N–H and O–H groups in total. The van der Waals surface area contributed by atoms with Crippen LogP contribution in [0.25, 0.3) is 0 Å². The van der Waals surface area contributed by atoms with Gasteiger partial charge in [-0.15, -0.1) is 11.3 Å². The first-order valence-electron chi connectivity index (χ1n) is 10.6. The lowest BCUT2D eigenvalue weighted by atomic mass is 10.2. The molecule has 1 aliphatic rings. The highest BCUT2D eigenvalue weighted by Crippen LogP contribution is 2.21. The van der Waals surface area contributed by atoms with E-state index in [1.54, 1.807) is 54.7 Å². The fraction of sp³-hybridized carbons (Fsp3) is 0.304. The zero-order valence-electron chi connectivity index (χ0n) is 18.3. The molecule has 1 saturated heterocycles. The number of rotatable bonds is 8. The van der Waals surface area contributed by atoms with Crippen LogP contribution in [-0.4, -0.2) is 66.6 Å². The van der Waals surface area contributed by atoms with Crippen molar-refractivity contribution >= 4 is 33.1 Å². The van der Waals surface area contributed by atoms with Gasteiger partial charge in [0.15, 0.2) is 5.78 Å². The second-order valence-corrected chi connectivity index (χ2v) is 10.9. The molecule has 3 aromatic rings. The maximum atomic E-state index is 13.2. The molecule has 0 aliphatic carbocycles. The van der Waals surface area contributed by atoms with Crippen molar-refractivity contribution in [2.45, 2.75) is 18.4 Å². The van der Waals surface area contributed by atoms with E-state index in [0.29, 0.717) is 49.7 Å². The molecular weight excluding hydrogens is 460 g/mol. The van der Waals surface area contributed by atoms with Gasteiger partial charge in [0, 0.05) is 36.8 Å². The van der Waals surface area contributed by atoms with Crippen LogP contribution >= 0.6 is 11.3 Å². The number of hydrogen-bond acceptors (Lipinski definition) is 6. The van der Waals surface area contributed by atoms with E-state index in [9.17, 15) is 18.0 Å². The monoisotopic (exact) mass is 486 g/mol. The van der Waals surface area contributed by atoms with Gasteiger partial charge in [0.1, 0.15) is 0 Å². The highest BCUT2D eigenvalue weighted by Gasteiger charge is 2.30. The fourth-order valence-corrected chi connectivity index (χ4v) is 6.18. The van der Waals surface area contributed by atoms with Crippen molar-refractivity contribution in [2.75, 3.05) is 32.7 Å². The number of nitrogens with two attached hydrogens (primary N) is 1. The first-order valence-corrected chi connectivity index (χ1v) is 12.9. The van der Waals surface area contributed by atoms with Crippen LogP contribution in [0.2, 0.25) is 0 Å². The van der Waals surface area contributed by atoms with Crippen molar-refractivity contribution < 1.29 is 18.0 Å². The Morgan fingerprint density at radius 2 is 1.73 bits per heavy atom. The zero-order valence-corrected chi connectivity index (χ0v) is 19.9. The molecule has 0 radical (unpaired) electrons. The van der Waals surface area contributed by atoms with Gasteiger partial charge in [-0.25, -0.2) is 8.42 Å². The minimum absolute atomic E-state index is 0.124. The van der Waals surface area contributed by atoms with E-state index in [-0.39, 0.29) is 17.2 Å². The molecule has 0 spiro atoms. The van der Waals surface area contributed by atoms with E-state index < -0.39 is 15.9 Å². The molecule has 0 atom stereocenters. The second-order valence-electron chi connectivity index (χ2n) is 7.97. The molecule has 0 saturated carbocycles. The van der Waals surface area contributed by atoms with Crippen LogP contribution in [0.3, 0.4) is 0 Å². The molecule has 1 aromatic carbocycles. The number of ketones is 1. The molecule has 1 aliphatic heterocycles. The summed E-state index contributed by atoms with van der Waals surface area (Å²) in [6.45, 7) is 3.94. The number of primary amides is 1. The summed E-state index contributed by atoms with van der Waals surface area (Å²) in [4.78, 5) is 28.4. The van der Waals surface area contributed by atoms with E-state index >= 15 is 0 Å². The second kappa shape index (κ2) is 9.60. The van der Waals surface area contributed by atoms with Crippen LogP contribution in [-0.2, 0) is 16.6 Å². The lowest BCUT2D eigenvalue weighted by molar-refractivity contribution is 0.0892. The lowest BCUT2D eigenvalue weighted by Crippen LogP contribution is -2.49. The van der Waals surface area contributed by atoms with Crippen LogP contribution in [0.4, 0.5) is 0 Å². The van der Waals surface area contributed by atoms with Gasteiger partial charge in [0.05, 0.1) is 29.2 Å². The van der Waals surface area contributed by atoms with Gasteiger partial charge in [-0.1, -0.05) is 24.3 Å². The molecule has 10 heteroatoms. The number of piperazine rings is 1. The number of benzene rings is 1. The van der Waals surface area contributed by atoms with Gasteiger partial charge in [-0.3, -0.25) is 14.5 Å². The number of aromatic nitrogens is 1. The number of thiophene rings is 1. The Kier molecular flexibility index (Phi) is 6.80. The van der Waals surface area contributed by atoms with Crippen molar-refractivity contribution in [3.8, 4) is 0 Å². The molecule has 174 valence electrons. The predicted octanol–water partition coefficient (Wildman–Crippen LogP) is 2.19. The van der Waals surface area contributed by atoms with Gasteiger partial charge >= 0.3 is 0 Å². The molecule has 3 heterocycles. The Morgan fingerprint density at radius 1 is 1.03 bits per heavy atom. The van der Waals surface area contributed by atoms with Gasteiger partial charge in [-0.2, -0.15) is 4.31 Å². The van der Waals surface area contributed by atoms with Crippen LogP contribution in [0.5, 0.6) is 0 Å². The van der Waals surface area contributed by atoms with Gasteiger partial charge in [0.2, 0.25) is 10.0 Å². The van der Waals surface area contributed by atoms with Gasteiger partial charge in [-0.05, 0) is 36.6 Å². The molecule has 1 fully saturated rings. The van der Waals surface area contributed by atoms with Crippen LogP contribution in [0.1, 0.15) is 31.4 Å². The third-order valence-corrected chi connectivity index (χ3v) is 8.67. The van der Waals surface area contributed by atoms with Crippen molar-refractivity contribution in [3.05, 3.63) is 75.7 Å². The normalized spacial score (nSPS) is 15.5. The average molecular weight is 487 g/mol. The highest BCUT2D eigenvalue weighted by molar-refractivity contribution is 7.89. The standard InChI is InChI=1S/C23H26N4O4S2/c1-17-20(23(24)29)14-21(27(17)15-18-6-5-13-32-18)22(28)16-25-9-11-26(12-10-25)33(30,31)19-7-3-2-4-8-19/h2-8,13-14H,9-12,15-16H2,1H3,(H2,24,29). The van der Waals surface area contributed by atoms with Crippen molar-refractivity contribution in [2.24, 2.45) is 5.73 Å². The Morgan fingerprint density at radius 3 is 2.33 bits per heavy atom. The van der Waals surface area contributed by atoms with Crippen molar-refractivity contribution in [1.29, 1.82) is 0 Å². The van der Waals surface area contributed by atoms with E-state index in [1.165, 1.54) is 4.31 Å². The topological polar surface area (TPSA) is 106 Å². The smallest absolute Gasteiger partial charge is 0.250 e. The summed E-state index contributed by atoms with van der Waals surface area (Å²) in [6, 6.07) is 13.9. The maximum Gasteiger partial charge on any atom is 0.250 e. The first-order chi connectivity index (χ1) is 15.8. The Bertz CT molecular complexity index is 1240. The zero-order chi connectivity index (χ0) is 23.6. The van der Waals surface area contributed by atoms with Crippen molar-refractivity contribution in [3.63, 3.8) is 0 Å². The van der Waals surface area contributed by atoms with E-state index in [4.69, 9.17) is 5.73 Å². The molecular formula is C23H26N4O4S2. The lowest BCUT2D eigenvalue weighted by Gasteiger charge is -2.33. The Hall–Kier alpha value is -2.79. The number of sulfonamides is 1. The van der Waals surface area contributed by atoms with E-state index in [0.717, 1.165) is 4.88 Å². The minimum Gasteiger partial charge on any atom is -0.366 e. The maximum absolute atomic E-state index is 13.2. The summed E-state index contributed by atoms with van der Waals surface area (Å²) in [5.41, 5.74) is 6.97. The Balaban J connectivity index is 1.46. The molecule has 8 nitrogen and oxygen atoms in total. The third kappa shape index (κ3) is 4.93. The summed E-state index contributed by atoms with van der Waals surface area (Å²) in [5.74, 6) is -0.687. The summed E-state index contributed by atoms with van der Waals surface area (Å²) in [6.07, 6.45) is 0. The highest BCUT2D eigenvalue weighted by atomic mass is 32.2. The number of carbonyl (C=O) groups is 2. The summed E-state index contributed by atoms with van der Waals surface area (Å²) in [5, 5.41) is 1.97. The summed E-state index contributed by atoms with van der Waals surface area (Å²) < 4.78 is 29.0. The summed E-state index contributed by atoms with van der Waals surface area (Å²) in [7, 11) is -3.55.